The van der Waals surface area contributed by atoms with Gasteiger partial charge in [0.2, 0.25) is 0 Å². The van der Waals surface area contributed by atoms with Crippen LogP contribution in [0.15, 0.2) is 6.33 Å². The van der Waals surface area contributed by atoms with E-state index in [9.17, 15) is 0 Å². The Morgan fingerprint density at radius 2 is 1.83 bits per heavy atom. The van der Waals surface area contributed by atoms with E-state index in [-0.39, 0.29) is 0 Å². The fourth-order valence-electron chi connectivity index (χ4n) is 5.06. The highest BCUT2D eigenvalue weighted by Gasteiger charge is 2.50. The molecule has 0 unspecified atom stereocenters. The highest BCUT2D eigenvalue weighted by Crippen LogP contribution is 2.55. The summed E-state index contributed by atoms with van der Waals surface area (Å²) < 4.78 is 2.02. The van der Waals surface area contributed by atoms with E-state index in [0.717, 1.165) is 30.1 Å². The summed E-state index contributed by atoms with van der Waals surface area (Å²) >= 11 is 0. The molecule has 1 heterocycles. The lowest BCUT2D eigenvalue weighted by atomic mass is 9.53. The van der Waals surface area contributed by atoms with Gasteiger partial charge in [-0.05, 0) is 56.3 Å². The van der Waals surface area contributed by atoms with Crippen LogP contribution in [0.4, 0.5) is 0 Å². The number of nitrogens with one attached hydrogen (secondary N) is 1. The molecule has 4 saturated carbocycles. The van der Waals surface area contributed by atoms with Crippen molar-refractivity contribution in [2.24, 2.45) is 24.8 Å². The van der Waals surface area contributed by atoms with Crippen molar-refractivity contribution in [2.75, 3.05) is 0 Å². The smallest absolute Gasteiger partial charge is 0.146 e. The van der Waals surface area contributed by atoms with Crippen LogP contribution in [-0.4, -0.2) is 20.3 Å². The van der Waals surface area contributed by atoms with Gasteiger partial charge in [-0.15, -0.1) is 10.2 Å². The van der Waals surface area contributed by atoms with E-state index in [1.165, 1.54) is 38.5 Å². The molecule has 0 atom stereocenters. The first-order valence-corrected chi connectivity index (χ1v) is 7.30. The molecule has 0 amide bonds. The highest BCUT2D eigenvalue weighted by atomic mass is 15.3. The van der Waals surface area contributed by atoms with Gasteiger partial charge in [-0.25, -0.2) is 0 Å². The van der Waals surface area contributed by atoms with E-state index in [0.29, 0.717) is 5.54 Å². The summed E-state index contributed by atoms with van der Waals surface area (Å²) in [6.45, 7) is 0.878. The van der Waals surface area contributed by atoms with Crippen LogP contribution in [0.2, 0.25) is 0 Å². The average molecular weight is 246 g/mol. The summed E-state index contributed by atoms with van der Waals surface area (Å²) in [4.78, 5) is 0. The van der Waals surface area contributed by atoms with E-state index in [1.54, 1.807) is 6.33 Å². The van der Waals surface area contributed by atoms with Gasteiger partial charge in [0.25, 0.3) is 0 Å². The van der Waals surface area contributed by atoms with Gasteiger partial charge in [0.05, 0.1) is 6.54 Å². The maximum Gasteiger partial charge on any atom is 0.146 e. The minimum absolute atomic E-state index is 0.431. The maximum absolute atomic E-state index is 4.18. The predicted octanol–water partition coefficient (Wildman–Crippen LogP) is 1.87. The molecule has 0 aliphatic heterocycles. The summed E-state index contributed by atoms with van der Waals surface area (Å²) in [6, 6.07) is 0. The van der Waals surface area contributed by atoms with Crippen LogP contribution in [-0.2, 0) is 13.6 Å². The van der Waals surface area contributed by atoms with Crippen molar-refractivity contribution in [3.63, 3.8) is 0 Å². The number of aromatic nitrogens is 3. The Bertz CT molecular complexity index is 415. The van der Waals surface area contributed by atoms with Gasteiger partial charge in [-0.3, -0.25) is 0 Å². The van der Waals surface area contributed by atoms with E-state index < -0.39 is 0 Å². The zero-order valence-electron chi connectivity index (χ0n) is 11.1. The molecule has 98 valence electrons. The molecule has 4 heteroatoms. The minimum Gasteiger partial charge on any atom is -0.320 e. The van der Waals surface area contributed by atoms with Crippen LogP contribution in [0.25, 0.3) is 0 Å². The number of rotatable bonds is 3. The lowest BCUT2D eigenvalue weighted by molar-refractivity contribution is -0.0210. The van der Waals surface area contributed by atoms with E-state index in [2.05, 4.69) is 15.5 Å². The minimum atomic E-state index is 0.431. The number of hydrogen-bond acceptors (Lipinski definition) is 3. The van der Waals surface area contributed by atoms with Crippen molar-refractivity contribution in [2.45, 2.75) is 50.6 Å². The molecule has 0 aromatic carbocycles. The van der Waals surface area contributed by atoms with Crippen molar-refractivity contribution in [3.05, 3.63) is 12.2 Å². The quantitative estimate of drug-likeness (QED) is 0.885. The lowest BCUT2D eigenvalue weighted by Crippen LogP contribution is -2.58. The third kappa shape index (κ3) is 1.69. The van der Waals surface area contributed by atoms with Crippen LogP contribution in [0.3, 0.4) is 0 Å². The zero-order chi connectivity index (χ0) is 12.2. The van der Waals surface area contributed by atoms with Crippen molar-refractivity contribution in [1.82, 2.24) is 20.1 Å². The molecular formula is C14H22N4. The molecule has 1 aromatic heterocycles. The third-order valence-electron chi connectivity index (χ3n) is 5.46. The van der Waals surface area contributed by atoms with Crippen LogP contribution < -0.4 is 5.32 Å². The van der Waals surface area contributed by atoms with Crippen molar-refractivity contribution >= 4 is 0 Å². The molecule has 4 aliphatic carbocycles. The molecule has 5 rings (SSSR count). The number of nitrogens with zero attached hydrogens (tertiary/aromatic N) is 3. The third-order valence-corrected chi connectivity index (χ3v) is 5.46. The monoisotopic (exact) mass is 246 g/mol. The molecule has 4 aliphatic rings. The van der Waals surface area contributed by atoms with E-state index in [4.69, 9.17) is 0 Å². The topological polar surface area (TPSA) is 42.7 Å². The summed E-state index contributed by atoms with van der Waals surface area (Å²) in [5.41, 5.74) is 0.431. The molecule has 4 nitrogen and oxygen atoms in total. The second kappa shape index (κ2) is 3.80. The predicted molar refractivity (Wildman–Crippen MR) is 68.7 cm³/mol. The standard InChI is InChI=1S/C14H22N4/c1-18-9-16-17-13(18)8-15-14-5-10-2-11(6-14)4-12(3-10)7-14/h9-12,15H,2-8H2,1H3. The van der Waals surface area contributed by atoms with Crippen molar-refractivity contribution in [1.29, 1.82) is 0 Å². The molecule has 1 aromatic rings. The van der Waals surface area contributed by atoms with E-state index in [1.807, 2.05) is 11.6 Å². The molecule has 0 spiro atoms. The second-order valence-electron chi connectivity index (χ2n) is 6.91. The van der Waals surface area contributed by atoms with Gasteiger partial charge in [0.1, 0.15) is 12.2 Å². The Balaban J connectivity index is 1.49. The van der Waals surface area contributed by atoms with Gasteiger partial charge in [-0.1, -0.05) is 0 Å². The first-order chi connectivity index (χ1) is 8.72. The Morgan fingerprint density at radius 1 is 1.22 bits per heavy atom. The van der Waals surface area contributed by atoms with Gasteiger partial charge < -0.3 is 9.88 Å². The van der Waals surface area contributed by atoms with Crippen molar-refractivity contribution < 1.29 is 0 Å². The second-order valence-corrected chi connectivity index (χ2v) is 6.91. The molecule has 4 fully saturated rings. The summed E-state index contributed by atoms with van der Waals surface area (Å²) in [7, 11) is 2.02. The molecule has 0 saturated heterocycles. The fraction of sp³-hybridized carbons (Fsp3) is 0.857. The Labute approximate surface area is 108 Å². The summed E-state index contributed by atoms with van der Waals surface area (Å²) in [5, 5.41) is 12.0. The van der Waals surface area contributed by atoms with Crippen LogP contribution in [0.5, 0.6) is 0 Å². The Hall–Kier alpha value is -0.900. The lowest BCUT2D eigenvalue weighted by Gasteiger charge is -2.57. The number of hydrogen-bond donors (Lipinski definition) is 1. The van der Waals surface area contributed by atoms with Gasteiger partial charge in [0.15, 0.2) is 0 Å². The molecule has 0 radical (unpaired) electrons. The first-order valence-electron chi connectivity index (χ1n) is 7.30. The number of aryl methyl sites for hydroxylation is 1. The zero-order valence-corrected chi connectivity index (χ0v) is 11.1. The Kier molecular flexibility index (Phi) is 2.31. The van der Waals surface area contributed by atoms with Crippen LogP contribution >= 0.6 is 0 Å². The SMILES string of the molecule is Cn1cnnc1CNC12CC3CC(CC(C3)C1)C2. The van der Waals surface area contributed by atoms with Crippen LogP contribution in [0.1, 0.15) is 44.3 Å². The largest absolute Gasteiger partial charge is 0.320 e. The first kappa shape index (κ1) is 11.0. The highest BCUT2D eigenvalue weighted by molar-refractivity contribution is 5.06. The molecular weight excluding hydrogens is 224 g/mol. The van der Waals surface area contributed by atoms with Gasteiger partial charge in [0, 0.05) is 12.6 Å². The molecule has 1 N–H and O–H groups in total. The normalized spacial score (nSPS) is 41.5. The van der Waals surface area contributed by atoms with E-state index >= 15 is 0 Å². The summed E-state index contributed by atoms with van der Waals surface area (Å²) in [6.07, 6.45) is 10.5. The fourth-order valence-corrected chi connectivity index (χ4v) is 5.06. The van der Waals surface area contributed by atoms with Gasteiger partial charge in [-0.2, -0.15) is 0 Å². The van der Waals surface area contributed by atoms with Crippen molar-refractivity contribution in [3.8, 4) is 0 Å². The van der Waals surface area contributed by atoms with Gasteiger partial charge >= 0.3 is 0 Å². The Morgan fingerprint density at radius 3 is 2.33 bits per heavy atom. The molecule has 18 heavy (non-hydrogen) atoms. The summed E-state index contributed by atoms with van der Waals surface area (Å²) in [5.74, 6) is 4.07. The average Bonchev–Trinajstić information content (AvgIpc) is 2.70. The van der Waals surface area contributed by atoms with Crippen LogP contribution in [0, 0.1) is 17.8 Å². The molecule has 4 bridgehead atoms. The maximum atomic E-state index is 4.18.